The third kappa shape index (κ3) is 7.26. The van der Waals surface area contributed by atoms with Gasteiger partial charge in [0.05, 0.1) is 5.56 Å². The number of alkyl halides is 3. The second kappa shape index (κ2) is 11.6. The maximum Gasteiger partial charge on any atom is 0.416 e. The molecule has 0 unspecified atom stereocenters. The summed E-state index contributed by atoms with van der Waals surface area (Å²) in [7, 11) is 0. The smallest absolute Gasteiger partial charge is 0.381 e. The van der Waals surface area contributed by atoms with Gasteiger partial charge >= 0.3 is 6.18 Å². The number of ether oxygens (including phenoxy) is 1. The van der Waals surface area contributed by atoms with E-state index in [1.165, 1.54) is 12.1 Å². The average Bonchev–Trinajstić information content (AvgIpc) is 2.66. The molecular weight excluding hydrogens is 393 g/mol. The van der Waals surface area contributed by atoms with Crippen molar-refractivity contribution in [2.45, 2.75) is 56.5 Å². The van der Waals surface area contributed by atoms with E-state index in [2.05, 4.69) is 5.32 Å². The Morgan fingerprint density at radius 1 is 1.14 bits per heavy atom. The molecule has 1 amide bonds. The van der Waals surface area contributed by atoms with Gasteiger partial charge in [0.25, 0.3) is 0 Å². The minimum atomic E-state index is -4.38. The van der Waals surface area contributed by atoms with E-state index in [1.54, 1.807) is 6.07 Å². The maximum atomic E-state index is 13.1. The Morgan fingerprint density at radius 3 is 2.46 bits per heavy atom. The average molecular weight is 423 g/mol. The lowest BCUT2D eigenvalue weighted by Crippen LogP contribution is -2.44. The zero-order valence-corrected chi connectivity index (χ0v) is 16.8. The van der Waals surface area contributed by atoms with Crippen molar-refractivity contribution in [1.29, 1.82) is 0 Å². The highest BCUT2D eigenvalue weighted by atomic mass is 35.5. The summed E-state index contributed by atoms with van der Waals surface area (Å²) >= 11 is 0. The quantitative estimate of drug-likeness (QED) is 0.586. The Hall–Kier alpha value is -1.31. The van der Waals surface area contributed by atoms with Crippen molar-refractivity contribution in [3.8, 4) is 0 Å². The van der Waals surface area contributed by atoms with Crippen LogP contribution in [0.4, 0.5) is 13.2 Å². The Labute approximate surface area is 170 Å². The molecule has 160 valence electrons. The van der Waals surface area contributed by atoms with E-state index >= 15 is 0 Å². The van der Waals surface area contributed by atoms with Crippen molar-refractivity contribution >= 4 is 18.3 Å². The molecule has 1 aliphatic heterocycles. The minimum absolute atomic E-state index is 0. The number of hydrogen-bond acceptors (Lipinski definition) is 3. The van der Waals surface area contributed by atoms with Crippen LogP contribution in [0, 0.1) is 0 Å². The fraction of sp³-hybridized carbons (Fsp3) is 0.650. The summed E-state index contributed by atoms with van der Waals surface area (Å²) in [4.78, 5) is 12.2. The van der Waals surface area contributed by atoms with E-state index in [-0.39, 0.29) is 18.3 Å². The molecule has 2 rings (SSSR count). The van der Waals surface area contributed by atoms with E-state index in [1.807, 2.05) is 0 Å². The molecule has 1 aromatic carbocycles. The molecular formula is C20H30ClF3N2O2. The van der Waals surface area contributed by atoms with Crippen molar-refractivity contribution < 1.29 is 22.7 Å². The zero-order chi connectivity index (χ0) is 19.8. The molecule has 0 atom stereocenters. The Morgan fingerprint density at radius 2 is 1.82 bits per heavy atom. The van der Waals surface area contributed by atoms with Gasteiger partial charge in [-0.05, 0) is 43.9 Å². The molecule has 0 spiro atoms. The van der Waals surface area contributed by atoms with Crippen molar-refractivity contribution in [2.75, 3.05) is 26.3 Å². The molecule has 1 saturated heterocycles. The number of nitrogens with two attached hydrogens (primary N) is 1. The fourth-order valence-electron chi connectivity index (χ4n) is 3.49. The van der Waals surface area contributed by atoms with E-state index in [0.717, 1.165) is 31.7 Å². The summed E-state index contributed by atoms with van der Waals surface area (Å²) < 4.78 is 44.7. The van der Waals surface area contributed by atoms with Gasteiger partial charge < -0.3 is 15.8 Å². The van der Waals surface area contributed by atoms with Gasteiger partial charge in [-0.3, -0.25) is 4.79 Å². The maximum absolute atomic E-state index is 13.1. The van der Waals surface area contributed by atoms with Crippen LogP contribution in [0.2, 0.25) is 0 Å². The predicted molar refractivity (Wildman–Crippen MR) is 106 cm³/mol. The molecule has 1 fully saturated rings. The van der Waals surface area contributed by atoms with Gasteiger partial charge in [0.15, 0.2) is 0 Å². The molecule has 0 saturated carbocycles. The van der Waals surface area contributed by atoms with Gasteiger partial charge in [-0.15, -0.1) is 12.4 Å². The Bertz CT molecular complexity index is 605. The first kappa shape index (κ1) is 24.7. The van der Waals surface area contributed by atoms with Crippen LogP contribution in [0.15, 0.2) is 24.3 Å². The first-order valence-electron chi connectivity index (χ1n) is 9.60. The van der Waals surface area contributed by atoms with Gasteiger partial charge in [-0.25, -0.2) is 0 Å². The number of carbonyl (C=O) groups is 1. The van der Waals surface area contributed by atoms with Crippen LogP contribution < -0.4 is 11.1 Å². The lowest BCUT2D eigenvalue weighted by atomic mass is 9.73. The number of rotatable bonds is 9. The summed E-state index contributed by atoms with van der Waals surface area (Å²) in [5.41, 5.74) is 4.89. The summed E-state index contributed by atoms with van der Waals surface area (Å²) in [6.07, 6.45) is 0.948. The van der Waals surface area contributed by atoms with Gasteiger partial charge in [0, 0.05) is 31.6 Å². The third-order valence-electron chi connectivity index (χ3n) is 5.23. The molecule has 1 aliphatic rings. The second-order valence-electron chi connectivity index (χ2n) is 7.20. The Balaban J connectivity index is 0.00000392. The van der Waals surface area contributed by atoms with Crippen LogP contribution in [0.1, 0.15) is 56.1 Å². The van der Waals surface area contributed by atoms with Crippen molar-refractivity contribution in [3.05, 3.63) is 35.4 Å². The number of nitrogens with one attached hydrogen (secondary N) is 1. The summed E-state index contributed by atoms with van der Waals surface area (Å²) in [6, 6.07) is 5.45. The van der Waals surface area contributed by atoms with Gasteiger partial charge in [0.2, 0.25) is 5.91 Å². The standard InChI is InChI=1S/C20H29F3N2O2.ClH/c21-20(22,23)17-7-5-6-16(14-17)19(9-12-27-13-10-19)15-25-18(26)8-3-1-2-4-11-24;/h5-7,14H,1-4,8-13,15,24H2,(H,25,26);1H. The first-order chi connectivity index (χ1) is 12.9. The molecule has 0 aromatic heterocycles. The topological polar surface area (TPSA) is 64.4 Å². The van der Waals surface area contributed by atoms with Gasteiger partial charge in [-0.1, -0.05) is 31.0 Å². The molecule has 0 radical (unpaired) electrons. The number of halogens is 4. The Kier molecular flexibility index (Phi) is 10.3. The summed E-state index contributed by atoms with van der Waals surface area (Å²) in [5.74, 6) is -0.0550. The van der Waals surface area contributed by atoms with E-state index in [0.29, 0.717) is 51.1 Å². The van der Waals surface area contributed by atoms with Crippen LogP contribution >= 0.6 is 12.4 Å². The monoisotopic (exact) mass is 422 g/mol. The van der Waals surface area contributed by atoms with Crippen LogP contribution in [0.25, 0.3) is 0 Å². The molecule has 3 N–H and O–H groups in total. The molecule has 8 heteroatoms. The zero-order valence-electron chi connectivity index (χ0n) is 16.0. The lowest BCUT2D eigenvalue weighted by molar-refractivity contribution is -0.137. The van der Waals surface area contributed by atoms with Crippen LogP contribution in [0.5, 0.6) is 0 Å². The van der Waals surface area contributed by atoms with E-state index in [4.69, 9.17) is 10.5 Å². The van der Waals surface area contributed by atoms with Gasteiger partial charge in [-0.2, -0.15) is 13.2 Å². The van der Waals surface area contributed by atoms with Gasteiger partial charge in [0.1, 0.15) is 0 Å². The summed E-state index contributed by atoms with van der Waals surface area (Å²) in [5, 5.41) is 2.94. The minimum Gasteiger partial charge on any atom is -0.381 e. The predicted octanol–water partition coefficient (Wildman–Crippen LogP) is 4.20. The van der Waals surface area contributed by atoms with E-state index < -0.39 is 17.2 Å². The highest BCUT2D eigenvalue weighted by Crippen LogP contribution is 2.37. The molecule has 0 aliphatic carbocycles. The number of amides is 1. The molecule has 28 heavy (non-hydrogen) atoms. The van der Waals surface area contributed by atoms with E-state index in [9.17, 15) is 18.0 Å². The fourth-order valence-corrected chi connectivity index (χ4v) is 3.49. The first-order valence-corrected chi connectivity index (χ1v) is 9.60. The molecule has 0 bridgehead atoms. The molecule has 1 heterocycles. The van der Waals surface area contributed by atoms with Crippen molar-refractivity contribution in [2.24, 2.45) is 5.73 Å². The summed E-state index contributed by atoms with van der Waals surface area (Å²) in [6.45, 7) is 1.95. The van der Waals surface area contributed by atoms with Crippen LogP contribution in [0.3, 0.4) is 0 Å². The largest absolute Gasteiger partial charge is 0.416 e. The van der Waals surface area contributed by atoms with Crippen molar-refractivity contribution in [1.82, 2.24) is 5.32 Å². The SMILES string of the molecule is Cl.NCCCCCCC(=O)NCC1(c2cccc(C(F)(F)F)c2)CCOCC1. The number of hydrogen-bond donors (Lipinski definition) is 2. The number of benzene rings is 1. The van der Waals surface area contributed by atoms with Crippen LogP contribution in [-0.2, 0) is 21.1 Å². The molecule has 1 aromatic rings. The lowest BCUT2D eigenvalue weighted by Gasteiger charge is -2.38. The molecule has 4 nitrogen and oxygen atoms in total. The third-order valence-corrected chi connectivity index (χ3v) is 5.23. The highest BCUT2D eigenvalue weighted by molar-refractivity contribution is 5.85. The second-order valence-corrected chi connectivity index (χ2v) is 7.20. The number of unbranched alkanes of at least 4 members (excludes halogenated alkanes) is 3. The van der Waals surface area contributed by atoms with Crippen molar-refractivity contribution in [3.63, 3.8) is 0 Å². The normalized spacial score (nSPS) is 16.3. The van der Waals surface area contributed by atoms with Crippen LogP contribution in [-0.4, -0.2) is 32.2 Å². The number of carbonyl (C=O) groups excluding carboxylic acids is 1. The highest BCUT2D eigenvalue weighted by Gasteiger charge is 2.37.